The number of H-pyrrole nitrogens is 1. The van der Waals surface area contributed by atoms with Gasteiger partial charge in [0.25, 0.3) is 0 Å². The van der Waals surface area contributed by atoms with Crippen LogP contribution in [0.1, 0.15) is 50.9 Å². The Balaban J connectivity index is 1.49. The maximum absolute atomic E-state index is 14.5. The van der Waals surface area contributed by atoms with Crippen molar-refractivity contribution in [3.05, 3.63) is 75.8 Å². The van der Waals surface area contributed by atoms with Gasteiger partial charge in [0, 0.05) is 30.5 Å². The van der Waals surface area contributed by atoms with Gasteiger partial charge in [-0.05, 0) is 63.4 Å². The molecule has 188 valence electrons. The molecule has 1 aliphatic heterocycles. The van der Waals surface area contributed by atoms with Crippen LogP contribution in [-0.2, 0) is 11.3 Å². The van der Waals surface area contributed by atoms with Crippen LogP contribution in [0.15, 0.2) is 47.3 Å². The highest BCUT2D eigenvalue weighted by molar-refractivity contribution is 5.83. The van der Waals surface area contributed by atoms with Gasteiger partial charge in [-0.2, -0.15) is 0 Å². The number of hydrogen-bond acceptors (Lipinski definition) is 4. The molecule has 0 saturated carbocycles. The van der Waals surface area contributed by atoms with Crippen molar-refractivity contribution in [1.29, 1.82) is 0 Å². The summed E-state index contributed by atoms with van der Waals surface area (Å²) in [5, 5.41) is 0.442. The van der Waals surface area contributed by atoms with Crippen LogP contribution in [0.3, 0.4) is 0 Å². The minimum atomic E-state index is -1.07. The van der Waals surface area contributed by atoms with Crippen molar-refractivity contribution in [2.75, 3.05) is 13.1 Å². The number of fused-ring (bicyclic) bond motifs is 2. The number of rotatable bonds is 3. The lowest BCUT2D eigenvalue weighted by Crippen LogP contribution is -2.41. The first-order chi connectivity index (χ1) is 17.1. The largest absolute Gasteiger partial charge is 0.444 e. The Morgan fingerprint density at radius 2 is 1.86 bits per heavy atom. The van der Waals surface area contributed by atoms with Gasteiger partial charge in [0.05, 0.1) is 23.1 Å². The van der Waals surface area contributed by atoms with Gasteiger partial charge < -0.3 is 19.2 Å². The predicted molar refractivity (Wildman–Crippen MR) is 133 cm³/mol. The summed E-state index contributed by atoms with van der Waals surface area (Å²) < 4.78 is 35.8. The maximum atomic E-state index is 14.5. The fourth-order valence-electron chi connectivity index (χ4n) is 4.86. The molecule has 36 heavy (non-hydrogen) atoms. The number of nitrogens with one attached hydrogen (secondary N) is 1. The number of piperidine rings is 1. The molecule has 5 rings (SSSR count). The zero-order chi connectivity index (χ0) is 25.6. The van der Waals surface area contributed by atoms with E-state index in [0.717, 1.165) is 22.9 Å². The SMILES string of the molecule is CC(C)(C)OC(=O)N1CCC(c2nc3ccccc3n2Cc2cc(=O)[nH]c3c(F)c(F)ccc23)CC1. The lowest BCUT2D eigenvalue weighted by Gasteiger charge is -2.33. The lowest BCUT2D eigenvalue weighted by atomic mass is 9.96. The summed E-state index contributed by atoms with van der Waals surface area (Å²) in [5.74, 6) is -1.16. The number of aromatic nitrogens is 3. The molecule has 0 radical (unpaired) electrons. The molecule has 1 amide bonds. The fraction of sp³-hybridized carbons (Fsp3) is 0.370. The third-order valence-electron chi connectivity index (χ3n) is 6.52. The molecule has 2 aromatic carbocycles. The smallest absolute Gasteiger partial charge is 0.410 e. The predicted octanol–water partition coefficient (Wildman–Crippen LogP) is 5.32. The zero-order valence-corrected chi connectivity index (χ0v) is 20.5. The monoisotopic (exact) mass is 494 g/mol. The van der Waals surface area contributed by atoms with Crippen molar-refractivity contribution in [2.45, 2.75) is 51.7 Å². The van der Waals surface area contributed by atoms with Crippen LogP contribution in [0.2, 0.25) is 0 Å². The van der Waals surface area contributed by atoms with Gasteiger partial charge in [-0.3, -0.25) is 4.79 Å². The third-order valence-corrected chi connectivity index (χ3v) is 6.52. The highest BCUT2D eigenvalue weighted by Gasteiger charge is 2.30. The molecule has 0 bridgehead atoms. The first kappa shape index (κ1) is 24.0. The number of benzene rings is 2. The first-order valence-corrected chi connectivity index (χ1v) is 12.0. The molecule has 7 nitrogen and oxygen atoms in total. The number of likely N-dealkylation sites (tertiary alicyclic amines) is 1. The number of amides is 1. The molecule has 1 fully saturated rings. The summed E-state index contributed by atoms with van der Waals surface area (Å²) in [6.07, 6.45) is 1.09. The molecule has 0 atom stereocenters. The number of ether oxygens (including phenoxy) is 1. The number of halogens is 2. The van der Waals surface area contributed by atoms with E-state index in [-0.39, 0.29) is 24.1 Å². The Bertz CT molecular complexity index is 1510. The van der Waals surface area contributed by atoms with Gasteiger partial charge in [-0.25, -0.2) is 18.6 Å². The molecule has 0 aliphatic carbocycles. The Labute approximate surface area is 206 Å². The van der Waals surface area contributed by atoms with Crippen molar-refractivity contribution in [3.8, 4) is 0 Å². The second-order valence-corrected chi connectivity index (χ2v) is 10.2. The van der Waals surface area contributed by atoms with Crippen LogP contribution >= 0.6 is 0 Å². The fourth-order valence-corrected chi connectivity index (χ4v) is 4.86. The Morgan fingerprint density at radius 1 is 1.14 bits per heavy atom. The molecule has 1 N–H and O–H groups in total. The Hall–Kier alpha value is -3.75. The zero-order valence-electron chi connectivity index (χ0n) is 20.5. The van der Waals surface area contributed by atoms with E-state index in [2.05, 4.69) is 4.98 Å². The molecule has 1 aliphatic rings. The van der Waals surface area contributed by atoms with Gasteiger partial charge in [-0.15, -0.1) is 0 Å². The van der Waals surface area contributed by atoms with E-state index < -0.39 is 22.8 Å². The molecule has 2 aromatic heterocycles. The van der Waals surface area contributed by atoms with Crippen LogP contribution in [0.4, 0.5) is 13.6 Å². The number of aromatic amines is 1. The minimum Gasteiger partial charge on any atom is -0.444 e. The van der Waals surface area contributed by atoms with Gasteiger partial charge in [0.15, 0.2) is 11.6 Å². The van der Waals surface area contributed by atoms with E-state index in [1.165, 1.54) is 12.1 Å². The van der Waals surface area contributed by atoms with Crippen molar-refractivity contribution in [1.82, 2.24) is 19.4 Å². The van der Waals surface area contributed by atoms with E-state index in [9.17, 15) is 18.4 Å². The quantitative estimate of drug-likeness (QED) is 0.418. The van der Waals surface area contributed by atoms with Crippen LogP contribution in [0.5, 0.6) is 0 Å². The van der Waals surface area contributed by atoms with E-state index in [4.69, 9.17) is 9.72 Å². The molecule has 4 aromatic rings. The standard InChI is InChI=1S/C27H28F2N4O3/c1-27(2,3)36-26(35)32-12-10-16(11-13-32)25-30-20-6-4-5-7-21(20)33(25)15-17-14-22(34)31-24-18(17)8-9-19(28)23(24)29/h4-9,14,16H,10-13,15H2,1-3H3,(H,31,34). The number of nitrogens with zero attached hydrogens (tertiary/aromatic N) is 3. The molecular weight excluding hydrogens is 466 g/mol. The van der Waals surface area contributed by atoms with Crippen LogP contribution in [-0.4, -0.2) is 44.2 Å². The molecule has 0 unspecified atom stereocenters. The molecular formula is C27H28F2N4O3. The molecule has 0 spiro atoms. The topological polar surface area (TPSA) is 80.2 Å². The summed E-state index contributed by atoms with van der Waals surface area (Å²) in [7, 11) is 0. The Morgan fingerprint density at radius 3 is 2.58 bits per heavy atom. The van der Waals surface area contributed by atoms with Gasteiger partial charge in [0.1, 0.15) is 11.4 Å². The average molecular weight is 495 g/mol. The summed E-state index contributed by atoms with van der Waals surface area (Å²) >= 11 is 0. The maximum Gasteiger partial charge on any atom is 0.410 e. The molecule has 3 heterocycles. The first-order valence-electron chi connectivity index (χ1n) is 12.0. The van der Waals surface area contributed by atoms with E-state index >= 15 is 0 Å². The van der Waals surface area contributed by atoms with Crippen molar-refractivity contribution in [3.63, 3.8) is 0 Å². The number of hydrogen-bond donors (Lipinski definition) is 1. The van der Waals surface area contributed by atoms with Crippen molar-refractivity contribution < 1.29 is 18.3 Å². The lowest BCUT2D eigenvalue weighted by molar-refractivity contribution is 0.0202. The van der Waals surface area contributed by atoms with E-state index in [1.807, 2.05) is 49.6 Å². The van der Waals surface area contributed by atoms with E-state index in [1.54, 1.807) is 4.90 Å². The summed E-state index contributed by atoms with van der Waals surface area (Å²) in [4.78, 5) is 33.9. The number of carbonyl (C=O) groups excluding carboxylic acids is 1. The van der Waals surface area contributed by atoms with Crippen LogP contribution in [0.25, 0.3) is 21.9 Å². The number of pyridine rings is 1. The van der Waals surface area contributed by atoms with Gasteiger partial charge in [0.2, 0.25) is 5.56 Å². The second-order valence-electron chi connectivity index (χ2n) is 10.2. The summed E-state index contributed by atoms with van der Waals surface area (Å²) in [6.45, 7) is 6.89. The summed E-state index contributed by atoms with van der Waals surface area (Å²) in [5.41, 5.74) is 1.07. The average Bonchev–Trinajstić information content (AvgIpc) is 3.19. The second kappa shape index (κ2) is 9.04. The van der Waals surface area contributed by atoms with Gasteiger partial charge >= 0.3 is 6.09 Å². The van der Waals surface area contributed by atoms with E-state index in [0.29, 0.717) is 36.9 Å². The summed E-state index contributed by atoms with van der Waals surface area (Å²) in [6, 6.07) is 11.7. The van der Waals surface area contributed by atoms with Crippen LogP contribution in [0, 0.1) is 11.6 Å². The van der Waals surface area contributed by atoms with Crippen molar-refractivity contribution >= 4 is 28.0 Å². The molecule has 1 saturated heterocycles. The number of carbonyl (C=O) groups is 1. The van der Waals surface area contributed by atoms with Crippen molar-refractivity contribution in [2.24, 2.45) is 0 Å². The highest BCUT2D eigenvalue weighted by Crippen LogP contribution is 2.32. The number of para-hydroxylation sites is 2. The molecule has 9 heteroatoms. The van der Waals surface area contributed by atoms with Crippen LogP contribution < -0.4 is 5.56 Å². The number of imidazole rings is 1. The normalized spacial score (nSPS) is 15.1. The minimum absolute atomic E-state index is 0.0820. The van der Waals surface area contributed by atoms with Gasteiger partial charge in [-0.1, -0.05) is 12.1 Å². The third kappa shape index (κ3) is 4.57. The Kier molecular flexibility index (Phi) is 6.02. The highest BCUT2D eigenvalue weighted by atomic mass is 19.2.